The molecule has 3 unspecified atom stereocenters. The van der Waals surface area contributed by atoms with Gasteiger partial charge in [0.25, 0.3) is 22.1 Å². The van der Waals surface area contributed by atoms with Crippen molar-refractivity contribution in [2.75, 3.05) is 0 Å². The molecule has 1 aliphatic rings. The van der Waals surface area contributed by atoms with E-state index in [-0.39, 0.29) is 0 Å². The Hall–Kier alpha value is 0.0748. The second-order valence-corrected chi connectivity index (χ2v) is 7.12. The Kier molecular flexibility index (Phi) is 9.19. The normalized spacial score (nSPS) is 22.0. The predicted molar refractivity (Wildman–Crippen MR) is 102 cm³/mol. The molecule has 1 fully saturated rings. The molecular formula is C16H36B3N3. The van der Waals surface area contributed by atoms with E-state index in [1.165, 1.54) is 38.5 Å². The average molecular weight is 303 g/mol. The first-order valence-electron chi connectivity index (χ1n) is 9.48. The summed E-state index contributed by atoms with van der Waals surface area (Å²) in [5.74, 6) is 0. The van der Waals surface area contributed by atoms with Crippen molar-refractivity contribution in [3.05, 3.63) is 0 Å². The van der Waals surface area contributed by atoms with Crippen molar-refractivity contribution >= 4 is 22.1 Å². The van der Waals surface area contributed by atoms with E-state index in [2.05, 4.69) is 77.6 Å². The first kappa shape index (κ1) is 20.1. The van der Waals surface area contributed by atoms with Gasteiger partial charge in [0.1, 0.15) is 0 Å². The quantitative estimate of drug-likeness (QED) is 0.602. The predicted octanol–water partition coefficient (Wildman–Crippen LogP) is 3.66. The summed E-state index contributed by atoms with van der Waals surface area (Å²) in [6, 6.07) is 1.77. The molecule has 0 saturated carbocycles. The van der Waals surface area contributed by atoms with Gasteiger partial charge in [-0.1, -0.05) is 67.6 Å². The van der Waals surface area contributed by atoms with Crippen molar-refractivity contribution in [2.45, 2.75) is 105 Å². The van der Waals surface area contributed by atoms with Crippen LogP contribution < -0.4 is 0 Å². The maximum Gasteiger partial charge on any atom is 0.290 e. The lowest BCUT2D eigenvalue weighted by Crippen LogP contribution is -2.71. The van der Waals surface area contributed by atoms with Crippen molar-refractivity contribution in [2.24, 2.45) is 0 Å². The zero-order chi connectivity index (χ0) is 16.7. The Labute approximate surface area is 141 Å². The molecule has 0 aromatic carbocycles. The number of hydrogen-bond donors (Lipinski definition) is 0. The molecule has 0 amide bonds. The minimum atomic E-state index is 0.452. The van der Waals surface area contributed by atoms with Crippen LogP contribution in [-0.2, 0) is 0 Å². The standard InChI is InChI=1S/C16H36B3N3/c1-8-11-14(4)20-17-21(15(5)12-9-2)19(7)22(18-20)16(6)13-10-3/h14-16H,8-13H2,1-7H3. The summed E-state index contributed by atoms with van der Waals surface area (Å²) < 4.78 is 7.59. The third kappa shape index (κ3) is 5.31. The molecule has 3 nitrogen and oxygen atoms in total. The highest BCUT2D eigenvalue weighted by Gasteiger charge is 2.40. The molecule has 0 aromatic heterocycles. The first-order valence-corrected chi connectivity index (χ1v) is 9.48. The molecule has 1 saturated heterocycles. The van der Waals surface area contributed by atoms with E-state index in [9.17, 15) is 0 Å². The van der Waals surface area contributed by atoms with Gasteiger partial charge in [-0.3, -0.25) is 0 Å². The van der Waals surface area contributed by atoms with Gasteiger partial charge in [-0.05, 0) is 37.4 Å². The molecule has 0 bridgehead atoms. The molecule has 3 atom stereocenters. The molecule has 1 rings (SSSR count). The highest BCUT2D eigenvalue weighted by atomic mass is 15.3. The second kappa shape index (κ2) is 10.0. The average Bonchev–Trinajstić information content (AvgIpc) is 2.48. The first-order chi connectivity index (χ1) is 10.5. The van der Waals surface area contributed by atoms with Crippen LogP contribution in [0.15, 0.2) is 0 Å². The van der Waals surface area contributed by atoms with Crippen LogP contribution in [0, 0.1) is 0 Å². The lowest BCUT2D eigenvalue weighted by atomic mass is 9.57. The van der Waals surface area contributed by atoms with Crippen LogP contribution in [0.5, 0.6) is 0 Å². The highest BCUT2D eigenvalue weighted by Crippen LogP contribution is 2.21. The van der Waals surface area contributed by atoms with Crippen LogP contribution in [0.2, 0.25) is 6.82 Å². The lowest BCUT2D eigenvalue weighted by Gasteiger charge is -2.51. The second-order valence-electron chi connectivity index (χ2n) is 7.12. The van der Waals surface area contributed by atoms with Crippen LogP contribution >= 0.6 is 0 Å². The lowest BCUT2D eigenvalue weighted by molar-refractivity contribution is 0.326. The third-order valence-corrected chi connectivity index (χ3v) is 5.04. The summed E-state index contributed by atoms with van der Waals surface area (Å²) in [6.45, 7) is 16.7. The van der Waals surface area contributed by atoms with Crippen molar-refractivity contribution in [3.8, 4) is 0 Å². The smallest absolute Gasteiger partial charge is 0.290 e. The molecular weight excluding hydrogens is 267 g/mol. The molecule has 2 radical (unpaired) electrons. The summed E-state index contributed by atoms with van der Waals surface area (Å²) >= 11 is 0. The number of hydrogen-bond acceptors (Lipinski definition) is 3. The molecule has 22 heavy (non-hydrogen) atoms. The summed E-state index contributed by atoms with van der Waals surface area (Å²) in [7, 11) is 4.75. The van der Waals surface area contributed by atoms with Crippen molar-refractivity contribution in [1.82, 2.24) is 14.2 Å². The van der Waals surface area contributed by atoms with Crippen LogP contribution in [0.25, 0.3) is 0 Å². The van der Waals surface area contributed by atoms with E-state index in [1.54, 1.807) is 0 Å². The maximum atomic E-state index is 2.57. The van der Waals surface area contributed by atoms with Gasteiger partial charge in [0.2, 0.25) is 0 Å². The van der Waals surface area contributed by atoms with E-state index in [1.807, 2.05) is 0 Å². The Morgan fingerprint density at radius 1 is 0.727 bits per heavy atom. The highest BCUT2D eigenvalue weighted by molar-refractivity contribution is 6.73. The topological polar surface area (TPSA) is 9.72 Å². The van der Waals surface area contributed by atoms with Crippen LogP contribution in [0.4, 0.5) is 0 Å². The zero-order valence-corrected chi connectivity index (χ0v) is 16.0. The van der Waals surface area contributed by atoms with Gasteiger partial charge in [-0.2, -0.15) is 0 Å². The van der Waals surface area contributed by atoms with Gasteiger partial charge in [0.15, 0.2) is 0 Å². The van der Waals surface area contributed by atoms with Gasteiger partial charge < -0.3 is 14.2 Å². The minimum absolute atomic E-state index is 0.452. The van der Waals surface area contributed by atoms with Gasteiger partial charge in [-0.15, -0.1) is 0 Å². The third-order valence-electron chi connectivity index (χ3n) is 5.04. The van der Waals surface area contributed by atoms with Crippen molar-refractivity contribution < 1.29 is 0 Å². The molecule has 1 aliphatic heterocycles. The van der Waals surface area contributed by atoms with Crippen molar-refractivity contribution in [1.29, 1.82) is 0 Å². The molecule has 124 valence electrons. The molecule has 0 aliphatic carbocycles. The van der Waals surface area contributed by atoms with E-state index < -0.39 is 0 Å². The van der Waals surface area contributed by atoms with Crippen LogP contribution in [-0.4, -0.2) is 54.4 Å². The SMILES string of the molecule is CCCC(C)N1[B]N(C(C)CCC)B(C)N(C(C)CCC)[B]1. The monoisotopic (exact) mass is 303 g/mol. The van der Waals surface area contributed by atoms with Gasteiger partial charge >= 0.3 is 0 Å². The van der Waals surface area contributed by atoms with E-state index in [0.717, 1.165) is 0 Å². The molecule has 0 N–H and O–H groups in total. The fraction of sp³-hybridized carbons (Fsp3) is 1.00. The Bertz CT molecular complexity index is 284. The van der Waals surface area contributed by atoms with Gasteiger partial charge in [0, 0.05) is 0 Å². The number of nitrogens with zero attached hydrogens (tertiary/aromatic N) is 3. The van der Waals surface area contributed by atoms with Crippen molar-refractivity contribution in [3.63, 3.8) is 0 Å². The van der Waals surface area contributed by atoms with Crippen LogP contribution in [0.1, 0.15) is 80.1 Å². The van der Waals surface area contributed by atoms with Crippen LogP contribution in [0.3, 0.4) is 0 Å². The summed E-state index contributed by atoms with van der Waals surface area (Å²) in [6.07, 6.45) is 7.49. The molecule has 0 aromatic rings. The van der Waals surface area contributed by atoms with E-state index >= 15 is 0 Å². The number of rotatable bonds is 9. The summed E-state index contributed by atoms with van der Waals surface area (Å²) in [5, 5.41) is 0. The Balaban J connectivity index is 2.86. The Morgan fingerprint density at radius 3 is 1.45 bits per heavy atom. The maximum absolute atomic E-state index is 2.57. The van der Waals surface area contributed by atoms with E-state index in [4.69, 9.17) is 0 Å². The molecule has 0 spiro atoms. The summed E-state index contributed by atoms with van der Waals surface area (Å²) in [4.78, 5) is 0. The summed E-state index contributed by atoms with van der Waals surface area (Å²) in [5.41, 5.74) is 0. The molecule has 1 heterocycles. The fourth-order valence-electron chi connectivity index (χ4n) is 3.58. The minimum Gasteiger partial charge on any atom is -0.362 e. The fourth-order valence-corrected chi connectivity index (χ4v) is 3.58. The van der Waals surface area contributed by atoms with Gasteiger partial charge in [-0.25, -0.2) is 0 Å². The largest absolute Gasteiger partial charge is 0.362 e. The zero-order valence-electron chi connectivity index (χ0n) is 16.0. The molecule has 6 heteroatoms. The van der Waals surface area contributed by atoms with Gasteiger partial charge in [0.05, 0.1) is 0 Å². The Morgan fingerprint density at radius 2 is 1.09 bits per heavy atom. The van der Waals surface area contributed by atoms with E-state index in [0.29, 0.717) is 25.1 Å².